The summed E-state index contributed by atoms with van der Waals surface area (Å²) in [6, 6.07) is 11.4. The van der Waals surface area contributed by atoms with Crippen molar-refractivity contribution < 1.29 is 0 Å². The molecule has 0 unspecified atom stereocenters. The van der Waals surface area contributed by atoms with Crippen LogP contribution in [-0.2, 0) is 6.54 Å². The van der Waals surface area contributed by atoms with Crippen molar-refractivity contribution in [2.75, 3.05) is 13.6 Å². The van der Waals surface area contributed by atoms with E-state index in [1.807, 2.05) is 22.8 Å². The standard InChI is InChI=1S/C16H23N5/c1-13-10-14(8-9-20(13)2)17-11-16-19-18-12-21(16)15-6-4-3-5-7-15/h3-7,12-14,17H,8-11H2,1-2H3/t13-,14-/m0/s1. The molecule has 1 aliphatic rings. The number of rotatable bonds is 4. The summed E-state index contributed by atoms with van der Waals surface area (Å²) in [6.45, 7) is 4.21. The Bertz CT molecular complexity index is 565. The Balaban J connectivity index is 1.63. The highest BCUT2D eigenvalue weighted by Gasteiger charge is 2.22. The normalized spacial score (nSPS) is 23.3. The molecule has 1 aromatic heterocycles. The fourth-order valence-electron chi connectivity index (χ4n) is 2.89. The third kappa shape index (κ3) is 3.31. The molecule has 1 N–H and O–H groups in total. The van der Waals surface area contributed by atoms with Crippen molar-refractivity contribution in [1.82, 2.24) is 25.0 Å². The fraction of sp³-hybridized carbons (Fsp3) is 0.500. The molecule has 5 nitrogen and oxygen atoms in total. The van der Waals surface area contributed by atoms with Crippen LogP contribution < -0.4 is 5.32 Å². The molecule has 0 spiro atoms. The van der Waals surface area contributed by atoms with Crippen LogP contribution in [0.3, 0.4) is 0 Å². The van der Waals surface area contributed by atoms with Gasteiger partial charge in [0.25, 0.3) is 0 Å². The van der Waals surface area contributed by atoms with Crippen molar-refractivity contribution in [3.8, 4) is 5.69 Å². The van der Waals surface area contributed by atoms with E-state index in [1.54, 1.807) is 6.33 Å². The Morgan fingerprint density at radius 2 is 2.10 bits per heavy atom. The molecule has 1 aromatic carbocycles. The lowest BCUT2D eigenvalue weighted by molar-refractivity contribution is 0.167. The number of aromatic nitrogens is 3. The number of benzene rings is 1. The maximum Gasteiger partial charge on any atom is 0.151 e. The highest BCUT2D eigenvalue weighted by atomic mass is 15.3. The average molecular weight is 285 g/mol. The van der Waals surface area contributed by atoms with Gasteiger partial charge < -0.3 is 10.2 Å². The first kappa shape index (κ1) is 14.2. The maximum absolute atomic E-state index is 4.25. The largest absolute Gasteiger partial charge is 0.307 e. The summed E-state index contributed by atoms with van der Waals surface area (Å²) in [6.07, 6.45) is 4.17. The quantitative estimate of drug-likeness (QED) is 0.931. The van der Waals surface area contributed by atoms with Crippen molar-refractivity contribution >= 4 is 0 Å². The monoisotopic (exact) mass is 285 g/mol. The number of likely N-dealkylation sites (tertiary alicyclic amines) is 1. The highest BCUT2D eigenvalue weighted by molar-refractivity contribution is 5.31. The Morgan fingerprint density at radius 1 is 1.29 bits per heavy atom. The van der Waals surface area contributed by atoms with E-state index in [4.69, 9.17) is 0 Å². The van der Waals surface area contributed by atoms with Crippen LogP contribution in [0.1, 0.15) is 25.6 Å². The third-order valence-corrected chi connectivity index (χ3v) is 4.41. The van der Waals surface area contributed by atoms with Gasteiger partial charge in [-0.05, 0) is 45.5 Å². The summed E-state index contributed by atoms with van der Waals surface area (Å²) in [5, 5.41) is 11.9. The van der Waals surface area contributed by atoms with Crippen LogP contribution >= 0.6 is 0 Å². The first-order valence-corrected chi connectivity index (χ1v) is 7.62. The maximum atomic E-state index is 4.25. The Morgan fingerprint density at radius 3 is 2.86 bits per heavy atom. The van der Waals surface area contributed by atoms with Gasteiger partial charge in [0.2, 0.25) is 0 Å². The lowest BCUT2D eigenvalue weighted by atomic mass is 9.99. The summed E-state index contributed by atoms with van der Waals surface area (Å²) in [5.41, 5.74) is 1.11. The molecule has 0 aliphatic carbocycles. The first-order chi connectivity index (χ1) is 10.2. The Kier molecular flexibility index (Phi) is 4.31. The molecule has 21 heavy (non-hydrogen) atoms. The second kappa shape index (κ2) is 6.37. The molecule has 1 saturated heterocycles. The van der Waals surface area contributed by atoms with E-state index in [0.29, 0.717) is 12.1 Å². The van der Waals surface area contributed by atoms with Crippen molar-refractivity contribution in [2.24, 2.45) is 0 Å². The van der Waals surface area contributed by atoms with Gasteiger partial charge in [0.1, 0.15) is 6.33 Å². The molecular weight excluding hydrogens is 262 g/mol. The van der Waals surface area contributed by atoms with E-state index in [0.717, 1.165) is 24.6 Å². The van der Waals surface area contributed by atoms with Gasteiger partial charge in [-0.25, -0.2) is 0 Å². The van der Waals surface area contributed by atoms with Crippen LogP contribution in [0.2, 0.25) is 0 Å². The van der Waals surface area contributed by atoms with Crippen LogP contribution in [0.15, 0.2) is 36.7 Å². The van der Waals surface area contributed by atoms with Gasteiger partial charge in [-0.2, -0.15) is 0 Å². The number of nitrogens with one attached hydrogen (secondary N) is 1. The summed E-state index contributed by atoms with van der Waals surface area (Å²) < 4.78 is 2.05. The van der Waals surface area contributed by atoms with E-state index >= 15 is 0 Å². The number of hydrogen-bond acceptors (Lipinski definition) is 4. The van der Waals surface area contributed by atoms with Crippen molar-refractivity contribution in [1.29, 1.82) is 0 Å². The van der Waals surface area contributed by atoms with Crippen LogP contribution in [0.5, 0.6) is 0 Å². The molecule has 0 radical (unpaired) electrons. The molecule has 2 atom stereocenters. The predicted octanol–water partition coefficient (Wildman–Crippen LogP) is 1.84. The predicted molar refractivity (Wildman–Crippen MR) is 83.3 cm³/mol. The molecule has 2 heterocycles. The van der Waals surface area contributed by atoms with Gasteiger partial charge in [0.15, 0.2) is 5.82 Å². The van der Waals surface area contributed by atoms with Crippen molar-refractivity contribution in [2.45, 2.75) is 38.4 Å². The smallest absolute Gasteiger partial charge is 0.151 e. The molecule has 3 rings (SSSR count). The minimum absolute atomic E-state index is 0.567. The van der Waals surface area contributed by atoms with Crippen molar-refractivity contribution in [3.63, 3.8) is 0 Å². The minimum Gasteiger partial charge on any atom is -0.307 e. The number of nitrogens with zero attached hydrogens (tertiary/aromatic N) is 4. The zero-order chi connectivity index (χ0) is 14.7. The average Bonchev–Trinajstić information content (AvgIpc) is 2.98. The van der Waals surface area contributed by atoms with E-state index in [1.165, 1.54) is 12.8 Å². The molecule has 1 fully saturated rings. The van der Waals surface area contributed by atoms with Crippen molar-refractivity contribution in [3.05, 3.63) is 42.5 Å². The Labute approximate surface area is 126 Å². The number of piperidine rings is 1. The summed E-state index contributed by atoms with van der Waals surface area (Å²) in [5.74, 6) is 0.966. The summed E-state index contributed by atoms with van der Waals surface area (Å²) in [4.78, 5) is 2.42. The molecule has 2 aromatic rings. The van der Waals surface area contributed by atoms with Crippen LogP contribution in [-0.4, -0.2) is 45.3 Å². The van der Waals surface area contributed by atoms with Gasteiger partial charge >= 0.3 is 0 Å². The van der Waals surface area contributed by atoms with E-state index in [9.17, 15) is 0 Å². The summed E-state index contributed by atoms with van der Waals surface area (Å²) in [7, 11) is 2.20. The first-order valence-electron chi connectivity index (χ1n) is 7.62. The van der Waals surface area contributed by atoms with E-state index in [-0.39, 0.29) is 0 Å². The third-order valence-electron chi connectivity index (χ3n) is 4.41. The highest BCUT2D eigenvalue weighted by Crippen LogP contribution is 2.16. The van der Waals surface area contributed by atoms with Gasteiger partial charge in [-0.3, -0.25) is 4.57 Å². The van der Waals surface area contributed by atoms with Gasteiger partial charge in [-0.1, -0.05) is 18.2 Å². The molecule has 0 amide bonds. The zero-order valence-corrected chi connectivity index (χ0v) is 12.7. The van der Waals surface area contributed by atoms with Gasteiger partial charge in [0, 0.05) is 17.8 Å². The number of hydrogen-bond donors (Lipinski definition) is 1. The molecular formula is C16H23N5. The molecule has 112 valence electrons. The molecule has 5 heteroatoms. The van der Waals surface area contributed by atoms with E-state index < -0.39 is 0 Å². The molecule has 0 saturated carbocycles. The van der Waals surface area contributed by atoms with Gasteiger partial charge in [0.05, 0.1) is 6.54 Å². The zero-order valence-electron chi connectivity index (χ0n) is 12.7. The van der Waals surface area contributed by atoms with Crippen LogP contribution in [0.25, 0.3) is 5.69 Å². The SMILES string of the molecule is C[C@H]1C[C@@H](NCc2nncn2-c2ccccc2)CCN1C. The molecule has 1 aliphatic heterocycles. The van der Waals surface area contributed by atoms with Gasteiger partial charge in [-0.15, -0.1) is 10.2 Å². The fourth-order valence-corrected chi connectivity index (χ4v) is 2.89. The number of para-hydroxylation sites is 1. The second-order valence-corrected chi connectivity index (χ2v) is 5.88. The second-order valence-electron chi connectivity index (χ2n) is 5.88. The van der Waals surface area contributed by atoms with Crippen LogP contribution in [0.4, 0.5) is 0 Å². The lowest BCUT2D eigenvalue weighted by Gasteiger charge is -2.35. The lowest BCUT2D eigenvalue weighted by Crippen LogP contribution is -2.45. The molecule has 0 bridgehead atoms. The topological polar surface area (TPSA) is 46.0 Å². The summed E-state index contributed by atoms with van der Waals surface area (Å²) >= 11 is 0. The van der Waals surface area contributed by atoms with E-state index in [2.05, 4.69) is 46.5 Å². The Hall–Kier alpha value is -1.72. The minimum atomic E-state index is 0.567. The van der Waals surface area contributed by atoms with Crippen LogP contribution in [0, 0.1) is 0 Å².